The second-order valence-electron chi connectivity index (χ2n) is 4.39. The summed E-state index contributed by atoms with van der Waals surface area (Å²) >= 11 is 7.45. The van der Waals surface area contributed by atoms with Crippen molar-refractivity contribution in [2.45, 2.75) is 0 Å². The number of aromatic nitrogens is 1. The van der Waals surface area contributed by atoms with E-state index in [1.54, 1.807) is 30.3 Å². The van der Waals surface area contributed by atoms with E-state index in [4.69, 9.17) is 11.6 Å². The molecule has 0 radical (unpaired) electrons. The molecule has 3 amide bonds. The highest BCUT2D eigenvalue weighted by Gasteiger charge is 2.11. The van der Waals surface area contributed by atoms with Crippen LogP contribution < -0.4 is 16.2 Å². The van der Waals surface area contributed by atoms with Gasteiger partial charge in [0.1, 0.15) is 5.69 Å². The molecule has 0 aliphatic carbocycles. The zero-order chi connectivity index (χ0) is 15.5. The van der Waals surface area contributed by atoms with Gasteiger partial charge in [-0.15, -0.1) is 11.3 Å². The Morgan fingerprint density at radius 1 is 1.14 bits per heavy atom. The first-order valence-corrected chi connectivity index (χ1v) is 7.57. The topological polar surface area (TPSA) is 86.0 Å². The second kappa shape index (κ2) is 6.08. The Morgan fingerprint density at radius 2 is 1.95 bits per heavy atom. The van der Waals surface area contributed by atoms with Crippen LogP contribution in [0.3, 0.4) is 0 Å². The minimum atomic E-state index is -0.588. The number of hydrogen-bond acceptors (Lipinski definition) is 3. The fourth-order valence-corrected chi connectivity index (χ4v) is 2.83. The SMILES string of the molecule is O=C(NNC(=O)c1cc2sccc2[nH]1)Nc1ccccc1Cl. The van der Waals surface area contributed by atoms with Crippen LogP contribution in [0.15, 0.2) is 41.8 Å². The van der Waals surface area contributed by atoms with Crippen molar-refractivity contribution < 1.29 is 9.59 Å². The molecule has 0 fully saturated rings. The van der Waals surface area contributed by atoms with Gasteiger partial charge >= 0.3 is 6.03 Å². The molecule has 0 bridgehead atoms. The molecule has 0 saturated carbocycles. The molecular formula is C14H11ClN4O2S. The number of carbonyl (C=O) groups excluding carboxylic acids is 2. The Labute approximate surface area is 134 Å². The van der Waals surface area contributed by atoms with Crippen molar-refractivity contribution in [1.29, 1.82) is 0 Å². The number of halogens is 1. The minimum Gasteiger partial charge on any atom is -0.350 e. The molecule has 3 rings (SSSR count). The highest BCUT2D eigenvalue weighted by molar-refractivity contribution is 7.17. The van der Waals surface area contributed by atoms with Gasteiger partial charge in [-0.05, 0) is 29.6 Å². The van der Waals surface area contributed by atoms with Crippen LogP contribution in [-0.4, -0.2) is 16.9 Å². The molecule has 0 atom stereocenters. The molecule has 4 N–H and O–H groups in total. The average Bonchev–Trinajstić information content (AvgIpc) is 3.08. The molecular weight excluding hydrogens is 324 g/mol. The molecule has 2 aromatic heterocycles. The van der Waals surface area contributed by atoms with Gasteiger partial charge in [0, 0.05) is 0 Å². The predicted molar refractivity (Wildman–Crippen MR) is 87.2 cm³/mol. The van der Waals surface area contributed by atoms with E-state index in [2.05, 4.69) is 21.2 Å². The fraction of sp³-hybridized carbons (Fsp3) is 0. The molecule has 1 aromatic carbocycles. The lowest BCUT2D eigenvalue weighted by atomic mass is 10.3. The number of urea groups is 1. The van der Waals surface area contributed by atoms with E-state index in [1.807, 2.05) is 11.4 Å². The summed E-state index contributed by atoms with van der Waals surface area (Å²) in [6.07, 6.45) is 0. The molecule has 3 aromatic rings. The van der Waals surface area contributed by atoms with Crippen molar-refractivity contribution in [1.82, 2.24) is 15.8 Å². The van der Waals surface area contributed by atoms with E-state index in [1.165, 1.54) is 11.3 Å². The van der Waals surface area contributed by atoms with Crippen LogP contribution in [0, 0.1) is 0 Å². The van der Waals surface area contributed by atoms with Gasteiger partial charge in [-0.2, -0.15) is 0 Å². The molecule has 112 valence electrons. The maximum Gasteiger partial charge on any atom is 0.337 e. The number of benzene rings is 1. The van der Waals surface area contributed by atoms with E-state index >= 15 is 0 Å². The first-order valence-electron chi connectivity index (χ1n) is 6.31. The van der Waals surface area contributed by atoms with Gasteiger partial charge in [0.2, 0.25) is 0 Å². The minimum absolute atomic E-state index is 0.375. The summed E-state index contributed by atoms with van der Waals surface area (Å²) in [5.74, 6) is -0.433. The van der Waals surface area contributed by atoms with Crippen molar-refractivity contribution in [3.63, 3.8) is 0 Å². The number of nitrogens with one attached hydrogen (secondary N) is 4. The standard InChI is InChI=1S/C14H11ClN4O2S/c15-8-3-1-2-4-9(8)17-14(21)19-18-13(20)11-7-12-10(16-11)5-6-22-12/h1-7,16H,(H,18,20)(H2,17,19,21). The first kappa shape index (κ1) is 14.4. The lowest BCUT2D eigenvalue weighted by molar-refractivity contribution is 0.0934. The summed E-state index contributed by atoms with van der Waals surface area (Å²) in [7, 11) is 0. The molecule has 0 aliphatic rings. The van der Waals surface area contributed by atoms with E-state index in [-0.39, 0.29) is 0 Å². The van der Waals surface area contributed by atoms with Crippen molar-refractivity contribution >= 4 is 50.8 Å². The number of aromatic amines is 1. The third kappa shape index (κ3) is 3.05. The number of para-hydroxylation sites is 1. The smallest absolute Gasteiger partial charge is 0.337 e. The summed E-state index contributed by atoms with van der Waals surface area (Å²) < 4.78 is 0.977. The van der Waals surface area contributed by atoms with Crippen molar-refractivity contribution in [2.24, 2.45) is 0 Å². The summed E-state index contributed by atoms with van der Waals surface area (Å²) in [5, 5.41) is 4.87. The number of fused-ring (bicyclic) bond motifs is 1. The number of hydrazine groups is 1. The third-order valence-electron chi connectivity index (χ3n) is 2.90. The summed E-state index contributed by atoms with van der Waals surface area (Å²) in [5.41, 5.74) is 6.30. The fourth-order valence-electron chi connectivity index (χ4n) is 1.87. The quantitative estimate of drug-likeness (QED) is 0.542. The number of anilines is 1. The zero-order valence-electron chi connectivity index (χ0n) is 11.1. The summed E-state index contributed by atoms with van der Waals surface area (Å²) in [6, 6.07) is 9.83. The maximum atomic E-state index is 11.9. The van der Waals surface area contributed by atoms with E-state index in [9.17, 15) is 9.59 Å². The van der Waals surface area contributed by atoms with Crippen LogP contribution in [0.4, 0.5) is 10.5 Å². The lowest BCUT2D eigenvalue weighted by Gasteiger charge is -2.09. The molecule has 0 aliphatic heterocycles. The number of hydrogen-bond donors (Lipinski definition) is 4. The van der Waals surface area contributed by atoms with Gasteiger partial charge in [-0.3, -0.25) is 10.2 Å². The number of H-pyrrole nitrogens is 1. The number of carbonyl (C=O) groups is 2. The molecule has 0 saturated heterocycles. The van der Waals surface area contributed by atoms with Gasteiger partial charge in [0.05, 0.1) is 20.9 Å². The van der Waals surface area contributed by atoms with Crippen molar-refractivity contribution in [2.75, 3.05) is 5.32 Å². The van der Waals surface area contributed by atoms with Crippen molar-refractivity contribution in [3.05, 3.63) is 52.5 Å². The molecule has 6 nitrogen and oxygen atoms in total. The number of amides is 3. The van der Waals surface area contributed by atoms with Gasteiger partial charge in [-0.25, -0.2) is 10.2 Å². The second-order valence-corrected chi connectivity index (χ2v) is 5.75. The lowest BCUT2D eigenvalue weighted by Crippen LogP contribution is -2.44. The van der Waals surface area contributed by atoms with E-state index in [0.717, 1.165) is 10.2 Å². The predicted octanol–water partition coefficient (Wildman–Crippen LogP) is 3.35. The average molecular weight is 335 g/mol. The van der Waals surface area contributed by atoms with Gasteiger partial charge in [0.15, 0.2) is 0 Å². The van der Waals surface area contributed by atoms with Gasteiger partial charge < -0.3 is 10.3 Å². The zero-order valence-corrected chi connectivity index (χ0v) is 12.7. The van der Waals surface area contributed by atoms with E-state index in [0.29, 0.717) is 16.4 Å². The van der Waals surface area contributed by atoms with Crippen LogP contribution >= 0.6 is 22.9 Å². The van der Waals surface area contributed by atoms with E-state index < -0.39 is 11.9 Å². The number of thiophene rings is 1. The highest BCUT2D eigenvalue weighted by Crippen LogP contribution is 2.21. The number of rotatable bonds is 2. The Balaban J connectivity index is 1.57. The van der Waals surface area contributed by atoms with Gasteiger partial charge in [0.25, 0.3) is 5.91 Å². The van der Waals surface area contributed by atoms with Crippen LogP contribution in [0.25, 0.3) is 10.2 Å². The first-order chi connectivity index (χ1) is 10.6. The Hall–Kier alpha value is -2.51. The Kier molecular flexibility index (Phi) is 3.99. The van der Waals surface area contributed by atoms with Crippen LogP contribution in [0.2, 0.25) is 5.02 Å². The van der Waals surface area contributed by atoms with Crippen LogP contribution in [0.1, 0.15) is 10.5 Å². The van der Waals surface area contributed by atoms with Crippen LogP contribution in [-0.2, 0) is 0 Å². The Morgan fingerprint density at radius 3 is 2.73 bits per heavy atom. The van der Waals surface area contributed by atoms with Gasteiger partial charge in [-0.1, -0.05) is 23.7 Å². The molecule has 2 heterocycles. The molecule has 0 unspecified atom stereocenters. The molecule has 0 spiro atoms. The normalized spacial score (nSPS) is 10.4. The Bertz CT molecular complexity index is 814. The largest absolute Gasteiger partial charge is 0.350 e. The molecule has 8 heteroatoms. The third-order valence-corrected chi connectivity index (χ3v) is 4.09. The monoisotopic (exact) mass is 334 g/mol. The van der Waals surface area contributed by atoms with Crippen LogP contribution in [0.5, 0.6) is 0 Å². The summed E-state index contributed by atoms with van der Waals surface area (Å²) in [4.78, 5) is 26.6. The highest BCUT2D eigenvalue weighted by atomic mass is 35.5. The van der Waals surface area contributed by atoms with Crippen molar-refractivity contribution in [3.8, 4) is 0 Å². The summed E-state index contributed by atoms with van der Waals surface area (Å²) in [6.45, 7) is 0. The maximum absolute atomic E-state index is 11.9. The molecule has 22 heavy (non-hydrogen) atoms.